The number of hydrogen-bond acceptors (Lipinski definition) is 4. The normalized spacial score (nSPS) is 23.6. The molecule has 2 N–H and O–H groups in total. The smallest absolute Gasteiger partial charge is 0.0489 e. The van der Waals surface area contributed by atoms with Gasteiger partial charge in [-0.15, -0.1) is 0 Å². The highest BCUT2D eigenvalue weighted by Crippen LogP contribution is 2.27. The molecule has 2 atom stereocenters. The molecule has 17 heavy (non-hydrogen) atoms. The molecule has 0 amide bonds. The maximum absolute atomic E-state index is 5.97. The molecule has 0 radical (unpaired) electrons. The largest absolute Gasteiger partial charge is 0.329 e. The summed E-state index contributed by atoms with van der Waals surface area (Å²) in [5.41, 5.74) is 8.55. The summed E-state index contributed by atoms with van der Waals surface area (Å²) >= 11 is 2.05. The maximum atomic E-state index is 5.97. The van der Waals surface area contributed by atoms with Crippen LogP contribution in [-0.4, -0.2) is 40.5 Å². The summed E-state index contributed by atoms with van der Waals surface area (Å²) in [7, 11) is 0. The lowest BCUT2D eigenvalue weighted by molar-refractivity contribution is 0.210. The highest BCUT2D eigenvalue weighted by Gasteiger charge is 2.25. The predicted octanol–water partition coefficient (Wildman–Crippen LogP) is 1.83. The topological polar surface area (TPSA) is 42.1 Å². The molecule has 1 aliphatic heterocycles. The molecule has 1 saturated heterocycles. The molecule has 2 unspecified atom stereocenters. The maximum Gasteiger partial charge on any atom is 0.0489 e. The first-order valence-corrected chi connectivity index (χ1v) is 7.23. The van der Waals surface area contributed by atoms with Gasteiger partial charge in [0.2, 0.25) is 0 Å². The van der Waals surface area contributed by atoms with Gasteiger partial charge in [0.15, 0.2) is 0 Å². The van der Waals surface area contributed by atoms with E-state index >= 15 is 0 Å². The Labute approximate surface area is 108 Å². The summed E-state index contributed by atoms with van der Waals surface area (Å²) < 4.78 is 0. The van der Waals surface area contributed by atoms with Gasteiger partial charge < -0.3 is 5.73 Å². The molecule has 0 aromatic carbocycles. The van der Waals surface area contributed by atoms with Crippen LogP contribution in [0.25, 0.3) is 0 Å². The minimum atomic E-state index is 0.326. The lowest BCUT2D eigenvalue weighted by Crippen LogP contribution is -2.42. The molecule has 0 spiro atoms. The van der Waals surface area contributed by atoms with Gasteiger partial charge in [-0.2, -0.15) is 11.8 Å². The second kappa shape index (κ2) is 5.85. The summed E-state index contributed by atoms with van der Waals surface area (Å²) in [6, 6.07) is 2.40. The Balaban J connectivity index is 2.18. The van der Waals surface area contributed by atoms with E-state index in [-0.39, 0.29) is 0 Å². The summed E-state index contributed by atoms with van der Waals surface area (Å²) in [6.07, 6.45) is 3.82. The van der Waals surface area contributed by atoms with Crippen LogP contribution < -0.4 is 5.73 Å². The predicted molar refractivity (Wildman–Crippen MR) is 74.3 cm³/mol. The number of nitrogens with two attached hydrogens (primary N) is 1. The minimum absolute atomic E-state index is 0.326. The summed E-state index contributed by atoms with van der Waals surface area (Å²) in [5, 5.41) is 0.703. The monoisotopic (exact) mass is 251 g/mol. The number of hydrogen-bond donors (Lipinski definition) is 1. The highest BCUT2D eigenvalue weighted by molar-refractivity contribution is 7.99. The van der Waals surface area contributed by atoms with Crippen LogP contribution in [0.4, 0.5) is 0 Å². The van der Waals surface area contributed by atoms with Gasteiger partial charge in [-0.05, 0) is 24.1 Å². The summed E-state index contributed by atoms with van der Waals surface area (Å²) in [5.74, 6) is 1.21. The lowest BCUT2D eigenvalue weighted by atomic mass is 10.0. The van der Waals surface area contributed by atoms with Crippen molar-refractivity contribution in [2.24, 2.45) is 5.73 Å². The second-order valence-corrected chi connectivity index (χ2v) is 6.21. The van der Waals surface area contributed by atoms with Crippen molar-refractivity contribution in [3.05, 3.63) is 29.6 Å². The standard InChI is InChI=1S/C13H21N3S/c1-10-3-4-15-8-12(10)13(7-14)16-5-6-17-11(2)9-16/h3-4,8,11,13H,5-7,9,14H2,1-2H3. The van der Waals surface area contributed by atoms with Crippen molar-refractivity contribution < 1.29 is 0 Å². The van der Waals surface area contributed by atoms with Gasteiger partial charge in [-0.3, -0.25) is 9.88 Å². The number of nitrogens with zero attached hydrogens (tertiary/aromatic N) is 2. The number of rotatable bonds is 3. The van der Waals surface area contributed by atoms with Crippen molar-refractivity contribution in [3.8, 4) is 0 Å². The zero-order valence-electron chi connectivity index (χ0n) is 10.6. The fraction of sp³-hybridized carbons (Fsp3) is 0.615. The van der Waals surface area contributed by atoms with E-state index in [1.165, 1.54) is 16.9 Å². The Morgan fingerprint density at radius 2 is 2.47 bits per heavy atom. The Morgan fingerprint density at radius 1 is 1.65 bits per heavy atom. The van der Waals surface area contributed by atoms with Gasteiger partial charge in [0.25, 0.3) is 0 Å². The van der Waals surface area contributed by atoms with Crippen molar-refractivity contribution in [3.63, 3.8) is 0 Å². The van der Waals surface area contributed by atoms with Crippen molar-refractivity contribution in [2.45, 2.75) is 25.1 Å². The fourth-order valence-electron chi connectivity index (χ4n) is 2.43. The summed E-state index contributed by atoms with van der Waals surface area (Å²) in [4.78, 5) is 6.75. The van der Waals surface area contributed by atoms with Crippen LogP contribution in [0.5, 0.6) is 0 Å². The van der Waals surface area contributed by atoms with Gasteiger partial charge in [0, 0.05) is 49.1 Å². The molecule has 2 heterocycles. The second-order valence-electron chi connectivity index (χ2n) is 4.66. The molecule has 1 aromatic heterocycles. The third-order valence-corrected chi connectivity index (χ3v) is 4.51. The molecule has 0 aliphatic carbocycles. The minimum Gasteiger partial charge on any atom is -0.329 e. The molecule has 94 valence electrons. The molecule has 2 rings (SSSR count). The van der Waals surface area contributed by atoms with E-state index in [1.807, 2.05) is 12.4 Å². The van der Waals surface area contributed by atoms with Crippen LogP contribution >= 0.6 is 11.8 Å². The molecule has 1 fully saturated rings. The van der Waals surface area contributed by atoms with Gasteiger partial charge in [0.05, 0.1) is 0 Å². The molecular formula is C13H21N3S. The van der Waals surface area contributed by atoms with Crippen LogP contribution in [-0.2, 0) is 0 Å². The third kappa shape index (κ3) is 3.00. The first kappa shape index (κ1) is 12.9. The van der Waals surface area contributed by atoms with E-state index in [2.05, 4.69) is 41.6 Å². The zero-order chi connectivity index (χ0) is 12.3. The van der Waals surface area contributed by atoms with E-state index in [0.717, 1.165) is 13.1 Å². The number of aryl methyl sites for hydroxylation is 1. The number of pyridine rings is 1. The van der Waals surface area contributed by atoms with E-state index in [4.69, 9.17) is 5.73 Å². The zero-order valence-corrected chi connectivity index (χ0v) is 11.4. The number of thioether (sulfide) groups is 1. The molecule has 0 bridgehead atoms. The Bertz CT molecular complexity index is 369. The molecule has 1 aliphatic rings. The first-order chi connectivity index (χ1) is 8.22. The Kier molecular flexibility index (Phi) is 4.42. The van der Waals surface area contributed by atoms with Gasteiger partial charge in [-0.25, -0.2) is 0 Å². The lowest BCUT2D eigenvalue weighted by Gasteiger charge is -2.37. The van der Waals surface area contributed by atoms with Crippen LogP contribution in [0, 0.1) is 6.92 Å². The van der Waals surface area contributed by atoms with E-state index in [0.29, 0.717) is 17.8 Å². The molecule has 1 aromatic rings. The van der Waals surface area contributed by atoms with Crippen molar-refractivity contribution >= 4 is 11.8 Å². The molecular weight excluding hydrogens is 230 g/mol. The van der Waals surface area contributed by atoms with E-state index in [9.17, 15) is 0 Å². The van der Waals surface area contributed by atoms with Crippen molar-refractivity contribution in [2.75, 3.05) is 25.4 Å². The Hall–Kier alpha value is -0.580. The molecule has 0 saturated carbocycles. The van der Waals surface area contributed by atoms with Crippen LogP contribution in [0.1, 0.15) is 24.1 Å². The van der Waals surface area contributed by atoms with Crippen LogP contribution in [0.15, 0.2) is 18.5 Å². The average molecular weight is 251 g/mol. The quantitative estimate of drug-likeness (QED) is 0.890. The van der Waals surface area contributed by atoms with Crippen LogP contribution in [0.2, 0.25) is 0 Å². The average Bonchev–Trinajstić information content (AvgIpc) is 2.33. The van der Waals surface area contributed by atoms with Gasteiger partial charge in [-0.1, -0.05) is 6.92 Å². The third-order valence-electron chi connectivity index (χ3n) is 3.38. The molecule has 3 nitrogen and oxygen atoms in total. The SMILES string of the molecule is Cc1ccncc1C(CN)N1CCSC(C)C1. The van der Waals surface area contributed by atoms with Gasteiger partial charge in [0.1, 0.15) is 0 Å². The van der Waals surface area contributed by atoms with E-state index < -0.39 is 0 Å². The fourth-order valence-corrected chi connectivity index (χ4v) is 3.47. The Morgan fingerprint density at radius 3 is 3.12 bits per heavy atom. The number of aromatic nitrogens is 1. The van der Waals surface area contributed by atoms with Crippen molar-refractivity contribution in [1.82, 2.24) is 9.88 Å². The van der Waals surface area contributed by atoms with Crippen molar-refractivity contribution in [1.29, 1.82) is 0 Å². The van der Waals surface area contributed by atoms with E-state index in [1.54, 1.807) is 0 Å². The first-order valence-electron chi connectivity index (χ1n) is 6.18. The molecule has 4 heteroatoms. The van der Waals surface area contributed by atoms with Crippen LogP contribution in [0.3, 0.4) is 0 Å². The summed E-state index contributed by atoms with van der Waals surface area (Å²) in [6.45, 7) is 7.36. The highest BCUT2D eigenvalue weighted by atomic mass is 32.2. The van der Waals surface area contributed by atoms with Gasteiger partial charge >= 0.3 is 0 Å².